The Bertz CT molecular complexity index is 653. The van der Waals surface area contributed by atoms with E-state index in [1.165, 1.54) is 5.56 Å². The molecule has 4 unspecified atom stereocenters. The van der Waals surface area contributed by atoms with Crippen molar-refractivity contribution < 1.29 is 4.74 Å². The Kier molecular flexibility index (Phi) is 6.04. The molecule has 1 aliphatic rings. The van der Waals surface area contributed by atoms with Crippen LogP contribution in [0.4, 0.5) is 0 Å². The molecule has 1 saturated heterocycles. The molecule has 1 radical (unpaired) electrons. The van der Waals surface area contributed by atoms with E-state index in [1.54, 1.807) is 6.33 Å². The Morgan fingerprint density at radius 1 is 1.39 bits per heavy atom. The average Bonchev–Trinajstić information content (AvgIpc) is 3.09. The van der Waals surface area contributed by atoms with Crippen LogP contribution in [0.2, 0.25) is 13.1 Å². The molecule has 0 bridgehead atoms. The van der Waals surface area contributed by atoms with Crippen molar-refractivity contribution in [3.8, 4) is 0 Å². The van der Waals surface area contributed by atoms with Crippen molar-refractivity contribution in [3.05, 3.63) is 24.3 Å². The number of nitrogens with zero attached hydrogens (tertiary/aromatic N) is 4. The molecule has 0 saturated carbocycles. The zero-order valence-corrected chi connectivity index (χ0v) is 15.9. The smallest absolute Gasteiger partial charge is 0.116 e. The van der Waals surface area contributed by atoms with Crippen LogP contribution < -0.4 is 0 Å². The lowest BCUT2D eigenvalue weighted by atomic mass is 9.77. The van der Waals surface area contributed by atoms with Gasteiger partial charge in [-0.05, 0) is 28.7 Å². The molecular weight excluding hydrogens is 325 g/mol. The molecule has 4 atom stereocenters. The Labute approximate surface area is 143 Å². The second kappa shape index (κ2) is 8.03. The van der Waals surface area contributed by atoms with Crippen molar-refractivity contribution in [1.82, 2.24) is 19.0 Å². The summed E-state index contributed by atoms with van der Waals surface area (Å²) in [6.07, 6.45) is 10.2. The Morgan fingerprint density at radius 3 is 3.09 bits per heavy atom. The van der Waals surface area contributed by atoms with Gasteiger partial charge in [-0.25, -0.2) is 9.97 Å². The molecule has 123 valence electrons. The second-order valence-corrected chi connectivity index (χ2v) is 7.22. The highest BCUT2D eigenvalue weighted by atomic mass is 31.0. The van der Waals surface area contributed by atoms with E-state index in [1.807, 2.05) is 10.5 Å². The van der Waals surface area contributed by atoms with Gasteiger partial charge in [-0.15, -0.1) is 0 Å². The summed E-state index contributed by atoms with van der Waals surface area (Å²) in [4.78, 5) is 8.61. The number of aromatic nitrogens is 3. The first kappa shape index (κ1) is 17.3. The monoisotopic (exact) mass is 349 g/mol. The Hall–Kier alpha value is -0.535. The van der Waals surface area contributed by atoms with Crippen molar-refractivity contribution in [2.75, 3.05) is 13.2 Å². The van der Waals surface area contributed by atoms with Crippen LogP contribution in [-0.4, -0.2) is 45.5 Å². The fraction of sp³-hybridized carbons (Fsp3) is 0.600. The third kappa shape index (κ3) is 3.77. The molecule has 3 heterocycles. The van der Waals surface area contributed by atoms with Crippen LogP contribution in [-0.2, 0) is 4.74 Å². The van der Waals surface area contributed by atoms with E-state index in [0.29, 0.717) is 12.1 Å². The SMILES string of the molecule is C[B]CCCOCC1CCC(c2cn(P)c3cncnc23)N1P. The third-order valence-corrected chi connectivity index (χ3v) is 5.74. The number of hydrogen-bond donors (Lipinski definition) is 0. The minimum atomic E-state index is 0.372. The van der Waals surface area contributed by atoms with Crippen LogP contribution >= 0.6 is 18.8 Å². The highest BCUT2D eigenvalue weighted by molar-refractivity contribution is 7.15. The lowest BCUT2D eigenvalue weighted by molar-refractivity contribution is 0.0973. The fourth-order valence-corrected chi connectivity index (χ4v) is 4.15. The van der Waals surface area contributed by atoms with Gasteiger partial charge in [-0.1, -0.05) is 22.5 Å². The zero-order valence-electron chi connectivity index (χ0n) is 13.6. The molecule has 0 spiro atoms. The first-order chi connectivity index (χ1) is 11.2. The minimum absolute atomic E-state index is 0.372. The summed E-state index contributed by atoms with van der Waals surface area (Å²) in [5.41, 5.74) is 3.38. The maximum atomic E-state index is 5.86. The average molecular weight is 349 g/mol. The molecule has 1 fully saturated rings. The normalized spacial score (nSPS) is 22.0. The predicted octanol–water partition coefficient (Wildman–Crippen LogP) is 2.94. The molecule has 3 rings (SSSR count). The van der Waals surface area contributed by atoms with Crippen LogP contribution in [0.5, 0.6) is 0 Å². The van der Waals surface area contributed by atoms with E-state index in [9.17, 15) is 0 Å². The molecule has 5 nitrogen and oxygen atoms in total. The van der Waals surface area contributed by atoms with Gasteiger partial charge in [0.05, 0.1) is 23.8 Å². The first-order valence-corrected chi connectivity index (χ1v) is 9.20. The summed E-state index contributed by atoms with van der Waals surface area (Å²) >= 11 is 0. The summed E-state index contributed by atoms with van der Waals surface area (Å²) in [6, 6.07) is 0.831. The summed E-state index contributed by atoms with van der Waals surface area (Å²) in [5.74, 6) is 0. The molecule has 23 heavy (non-hydrogen) atoms. The Morgan fingerprint density at radius 2 is 2.26 bits per heavy atom. The quantitative estimate of drug-likeness (QED) is 0.438. The third-order valence-electron chi connectivity index (χ3n) is 4.53. The standard InChI is InChI=1S/C15H24BN4OP2/c1-16-5-2-6-21-9-11-3-4-13(20(11)23)12-8-19(22)14-7-17-10-18-15(12)14/h7-8,10-11,13H,2-6,9,22-23H2,1H3. The fourth-order valence-electron chi connectivity index (χ4n) is 3.26. The molecule has 0 aromatic carbocycles. The van der Waals surface area contributed by atoms with Gasteiger partial charge in [0.15, 0.2) is 0 Å². The summed E-state index contributed by atoms with van der Waals surface area (Å²) < 4.78 is 10.3. The topological polar surface area (TPSA) is 43.2 Å². The van der Waals surface area contributed by atoms with Gasteiger partial charge in [-0.2, -0.15) is 0 Å². The van der Waals surface area contributed by atoms with E-state index >= 15 is 0 Å². The highest BCUT2D eigenvalue weighted by Gasteiger charge is 2.33. The van der Waals surface area contributed by atoms with Crippen LogP contribution in [0.3, 0.4) is 0 Å². The minimum Gasteiger partial charge on any atom is -0.380 e. The molecule has 0 aliphatic carbocycles. The van der Waals surface area contributed by atoms with E-state index in [2.05, 4.69) is 53.7 Å². The van der Waals surface area contributed by atoms with Crippen LogP contribution in [0, 0.1) is 0 Å². The van der Waals surface area contributed by atoms with Crippen molar-refractivity contribution in [1.29, 1.82) is 0 Å². The molecular formula is C15H24BN4OP2. The molecule has 0 N–H and O–H groups in total. The van der Waals surface area contributed by atoms with Gasteiger partial charge >= 0.3 is 0 Å². The first-order valence-electron chi connectivity index (χ1n) is 8.17. The number of rotatable bonds is 7. The van der Waals surface area contributed by atoms with Gasteiger partial charge in [0, 0.05) is 30.5 Å². The molecule has 8 heteroatoms. The Balaban J connectivity index is 1.65. The number of fused-ring (bicyclic) bond motifs is 1. The summed E-state index contributed by atoms with van der Waals surface area (Å²) in [6.45, 7) is 3.75. The van der Waals surface area contributed by atoms with Gasteiger partial charge in [0.1, 0.15) is 13.6 Å². The van der Waals surface area contributed by atoms with Gasteiger partial charge in [0.25, 0.3) is 0 Å². The van der Waals surface area contributed by atoms with Crippen LogP contribution in [0.1, 0.15) is 30.9 Å². The lowest BCUT2D eigenvalue weighted by Crippen LogP contribution is -2.26. The van der Waals surface area contributed by atoms with Crippen molar-refractivity contribution in [2.24, 2.45) is 0 Å². The van der Waals surface area contributed by atoms with Gasteiger partial charge < -0.3 is 9.07 Å². The van der Waals surface area contributed by atoms with E-state index in [0.717, 1.165) is 49.8 Å². The predicted molar refractivity (Wildman–Crippen MR) is 102 cm³/mol. The number of ether oxygens (including phenoxy) is 1. The van der Waals surface area contributed by atoms with Crippen molar-refractivity contribution >= 4 is 37.1 Å². The van der Waals surface area contributed by atoms with E-state index < -0.39 is 0 Å². The molecule has 2 aromatic heterocycles. The highest BCUT2D eigenvalue weighted by Crippen LogP contribution is 2.41. The van der Waals surface area contributed by atoms with Crippen molar-refractivity contribution in [3.63, 3.8) is 0 Å². The van der Waals surface area contributed by atoms with Gasteiger partial charge in [0.2, 0.25) is 0 Å². The lowest BCUT2D eigenvalue weighted by Gasteiger charge is -2.25. The van der Waals surface area contributed by atoms with E-state index in [4.69, 9.17) is 4.74 Å². The van der Waals surface area contributed by atoms with Gasteiger partial charge in [-0.3, -0.25) is 4.67 Å². The second-order valence-electron chi connectivity index (χ2n) is 6.07. The molecule has 2 aromatic rings. The molecule has 1 aliphatic heterocycles. The maximum absolute atomic E-state index is 5.86. The maximum Gasteiger partial charge on any atom is 0.116 e. The van der Waals surface area contributed by atoms with Crippen molar-refractivity contribution in [2.45, 2.75) is 44.5 Å². The molecule has 0 amide bonds. The summed E-state index contributed by atoms with van der Waals surface area (Å²) in [7, 11) is 7.82. The largest absolute Gasteiger partial charge is 0.380 e. The van der Waals surface area contributed by atoms with E-state index in [-0.39, 0.29) is 0 Å². The summed E-state index contributed by atoms with van der Waals surface area (Å²) in [5, 5.41) is 0. The number of hydrogen-bond acceptors (Lipinski definition) is 4. The van der Waals surface area contributed by atoms with Crippen LogP contribution in [0.15, 0.2) is 18.7 Å². The van der Waals surface area contributed by atoms with Crippen LogP contribution in [0.25, 0.3) is 11.0 Å². The zero-order chi connectivity index (χ0) is 16.2.